The smallest absolute Gasteiger partial charge is 0.238 e. The van der Waals surface area contributed by atoms with Crippen LogP contribution in [0.3, 0.4) is 0 Å². The van der Waals surface area contributed by atoms with Gasteiger partial charge in [0.25, 0.3) is 0 Å². The van der Waals surface area contributed by atoms with Gasteiger partial charge in [0.1, 0.15) is 33.8 Å². The van der Waals surface area contributed by atoms with E-state index >= 15 is 0 Å². The Labute approximate surface area is 177 Å². The number of carbonyl (C=O) groups is 1. The van der Waals surface area contributed by atoms with Crippen molar-refractivity contribution < 1.29 is 13.6 Å². The van der Waals surface area contributed by atoms with E-state index in [1.807, 2.05) is 6.92 Å². The number of rotatable bonds is 6. The second kappa shape index (κ2) is 8.61. The molecule has 0 fully saturated rings. The van der Waals surface area contributed by atoms with E-state index in [1.54, 1.807) is 16.2 Å². The molecule has 0 aliphatic heterocycles. The molecular formula is C21H23F2N5OS. The molecule has 0 saturated heterocycles. The summed E-state index contributed by atoms with van der Waals surface area (Å²) >= 11 is 1.67. The van der Waals surface area contributed by atoms with Gasteiger partial charge < -0.3 is 11.1 Å². The molecule has 0 saturated carbocycles. The summed E-state index contributed by atoms with van der Waals surface area (Å²) in [5.41, 5.74) is 7.10. The number of benzene rings is 1. The molecule has 6 nitrogen and oxygen atoms in total. The highest BCUT2D eigenvalue weighted by Crippen LogP contribution is 2.37. The molecule has 3 aromatic rings. The number of aromatic nitrogens is 2. The van der Waals surface area contributed by atoms with Crippen molar-refractivity contribution >= 4 is 39.0 Å². The average Bonchev–Trinajstić information content (AvgIpc) is 3.09. The van der Waals surface area contributed by atoms with E-state index in [4.69, 9.17) is 5.73 Å². The number of aryl methyl sites for hydroxylation is 2. The summed E-state index contributed by atoms with van der Waals surface area (Å²) in [7, 11) is 0. The van der Waals surface area contributed by atoms with Crippen LogP contribution in [0.25, 0.3) is 10.2 Å². The van der Waals surface area contributed by atoms with Gasteiger partial charge in [0.05, 0.1) is 18.5 Å². The molecule has 9 heteroatoms. The third-order valence-electron chi connectivity index (χ3n) is 5.30. The molecule has 0 radical (unpaired) electrons. The topological polar surface area (TPSA) is 84.1 Å². The average molecular weight is 432 g/mol. The van der Waals surface area contributed by atoms with Crippen LogP contribution < -0.4 is 11.1 Å². The molecule has 0 spiro atoms. The minimum absolute atomic E-state index is 0.0491. The van der Waals surface area contributed by atoms with E-state index in [1.165, 1.54) is 22.9 Å². The standard InChI is InChI=1S/C21H23F2N5OS/c1-2-28(11-17(29)27-19-13(22)7-5-8-14(19)23)10-16-25-20(24)18-12-6-3-4-9-15(12)30-21(18)26-16/h5,7-8H,2-4,6,9-11H2,1H3,(H,27,29)(H2,24,25,26). The predicted octanol–water partition coefficient (Wildman–Crippen LogP) is 3.89. The minimum Gasteiger partial charge on any atom is -0.383 e. The Morgan fingerprint density at radius 3 is 2.70 bits per heavy atom. The number of likely N-dealkylation sites (N-methyl/N-ethyl adjacent to an activating group) is 1. The van der Waals surface area contributed by atoms with Gasteiger partial charge in [0, 0.05) is 4.88 Å². The monoisotopic (exact) mass is 431 g/mol. The lowest BCUT2D eigenvalue weighted by atomic mass is 9.97. The fraction of sp³-hybridized carbons (Fsp3) is 0.381. The number of nitrogens with one attached hydrogen (secondary N) is 1. The number of fused-ring (bicyclic) bond motifs is 3. The van der Waals surface area contributed by atoms with E-state index in [0.717, 1.165) is 41.6 Å². The van der Waals surface area contributed by atoms with Crippen LogP contribution in [0, 0.1) is 11.6 Å². The molecule has 1 aromatic carbocycles. The van der Waals surface area contributed by atoms with Gasteiger partial charge in [-0.05, 0) is 49.9 Å². The van der Waals surface area contributed by atoms with Crippen LogP contribution in [-0.4, -0.2) is 33.9 Å². The Hall–Kier alpha value is -2.65. The SMILES string of the molecule is CCN(CC(=O)Nc1c(F)cccc1F)Cc1nc(N)c2c3c(sc2n1)CCCC3. The first-order valence-corrected chi connectivity index (χ1v) is 10.8. The van der Waals surface area contributed by atoms with Gasteiger partial charge in [-0.15, -0.1) is 11.3 Å². The number of para-hydroxylation sites is 1. The number of hydrogen-bond donors (Lipinski definition) is 2. The molecule has 158 valence electrons. The number of hydrogen-bond acceptors (Lipinski definition) is 6. The van der Waals surface area contributed by atoms with Crippen LogP contribution in [0.15, 0.2) is 18.2 Å². The van der Waals surface area contributed by atoms with Gasteiger partial charge in [0.15, 0.2) is 0 Å². The largest absolute Gasteiger partial charge is 0.383 e. The fourth-order valence-electron chi connectivity index (χ4n) is 3.78. The molecule has 3 N–H and O–H groups in total. The molecule has 4 rings (SSSR count). The van der Waals surface area contributed by atoms with Gasteiger partial charge in [-0.25, -0.2) is 18.7 Å². The number of carbonyl (C=O) groups excluding carboxylic acids is 1. The van der Waals surface area contributed by atoms with Crippen molar-refractivity contribution in [1.29, 1.82) is 0 Å². The Morgan fingerprint density at radius 2 is 1.97 bits per heavy atom. The number of thiophene rings is 1. The first-order valence-electron chi connectivity index (χ1n) is 9.99. The number of amides is 1. The summed E-state index contributed by atoms with van der Waals surface area (Å²) in [4.78, 5) is 25.5. The molecule has 2 aromatic heterocycles. The first-order chi connectivity index (χ1) is 14.5. The predicted molar refractivity (Wildman–Crippen MR) is 114 cm³/mol. The number of nitrogens with two attached hydrogens (primary N) is 1. The summed E-state index contributed by atoms with van der Waals surface area (Å²) in [6.07, 6.45) is 4.40. The zero-order valence-electron chi connectivity index (χ0n) is 16.7. The van der Waals surface area contributed by atoms with Gasteiger partial charge in [-0.1, -0.05) is 13.0 Å². The lowest BCUT2D eigenvalue weighted by Gasteiger charge is -2.19. The van der Waals surface area contributed by atoms with Crippen molar-refractivity contribution in [3.63, 3.8) is 0 Å². The van der Waals surface area contributed by atoms with Crippen molar-refractivity contribution in [2.24, 2.45) is 0 Å². The zero-order chi connectivity index (χ0) is 21.3. The molecule has 1 aliphatic rings. The summed E-state index contributed by atoms with van der Waals surface area (Å²) in [6.45, 7) is 2.69. The molecule has 0 bridgehead atoms. The Bertz CT molecular complexity index is 1080. The minimum atomic E-state index is -0.811. The van der Waals surface area contributed by atoms with Crippen LogP contribution in [0.2, 0.25) is 0 Å². The summed E-state index contributed by atoms with van der Waals surface area (Å²) in [5, 5.41) is 3.28. The van der Waals surface area contributed by atoms with Gasteiger partial charge in [-0.2, -0.15) is 0 Å². The van der Waals surface area contributed by atoms with Crippen molar-refractivity contribution in [1.82, 2.24) is 14.9 Å². The number of anilines is 2. The molecule has 1 aliphatic carbocycles. The molecule has 1 amide bonds. The van der Waals surface area contributed by atoms with Crippen LogP contribution in [0.5, 0.6) is 0 Å². The highest BCUT2D eigenvalue weighted by molar-refractivity contribution is 7.19. The molecule has 0 atom stereocenters. The van der Waals surface area contributed by atoms with Crippen LogP contribution in [0.1, 0.15) is 36.0 Å². The van der Waals surface area contributed by atoms with Gasteiger partial charge in [0.2, 0.25) is 5.91 Å². The van der Waals surface area contributed by atoms with E-state index in [9.17, 15) is 13.6 Å². The van der Waals surface area contributed by atoms with Crippen molar-refractivity contribution in [3.8, 4) is 0 Å². The highest BCUT2D eigenvalue weighted by Gasteiger charge is 2.21. The maximum Gasteiger partial charge on any atom is 0.238 e. The van der Waals surface area contributed by atoms with Crippen LogP contribution in [0.4, 0.5) is 20.3 Å². The van der Waals surface area contributed by atoms with Gasteiger partial charge >= 0.3 is 0 Å². The molecular weight excluding hydrogens is 408 g/mol. The summed E-state index contributed by atoms with van der Waals surface area (Å²) in [5.74, 6) is -1.13. The van der Waals surface area contributed by atoms with E-state index < -0.39 is 23.2 Å². The Morgan fingerprint density at radius 1 is 1.23 bits per heavy atom. The van der Waals surface area contributed by atoms with Crippen molar-refractivity contribution in [2.75, 3.05) is 24.1 Å². The zero-order valence-corrected chi connectivity index (χ0v) is 17.5. The maximum absolute atomic E-state index is 13.8. The number of nitrogen functional groups attached to an aromatic ring is 1. The lowest BCUT2D eigenvalue weighted by molar-refractivity contribution is -0.117. The summed E-state index contributed by atoms with van der Waals surface area (Å²) < 4.78 is 27.5. The van der Waals surface area contributed by atoms with Crippen molar-refractivity contribution in [2.45, 2.75) is 39.2 Å². The first kappa shape index (κ1) is 20.6. The second-order valence-electron chi connectivity index (χ2n) is 7.36. The maximum atomic E-state index is 13.8. The number of nitrogens with zero attached hydrogens (tertiary/aromatic N) is 3. The normalized spacial score (nSPS) is 13.6. The molecule has 30 heavy (non-hydrogen) atoms. The van der Waals surface area contributed by atoms with Gasteiger partial charge in [-0.3, -0.25) is 9.69 Å². The lowest BCUT2D eigenvalue weighted by Crippen LogP contribution is -2.33. The van der Waals surface area contributed by atoms with Crippen molar-refractivity contribution in [3.05, 3.63) is 46.1 Å². The Balaban J connectivity index is 1.49. The quantitative estimate of drug-likeness (QED) is 0.619. The number of halogens is 2. The van der Waals surface area contributed by atoms with E-state index in [-0.39, 0.29) is 6.54 Å². The van der Waals surface area contributed by atoms with Crippen LogP contribution >= 0.6 is 11.3 Å². The second-order valence-corrected chi connectivity index (χ2v) is 8.45. The highest BCUT2D eigenvalue weighted by atomic mass is 32.1. The van der Waals surface area contributed by atoms with E-state index in [2.05, 4.69) is 15.3 Å². The summed E-state index contributed by atoms with van der Waals surface area (Å²) in [6, 6.07) is 3.45. The third kappa shape index (κ3) is 4.13. The fourth-order valence-corrected chi connectivity index (χ4v) is 5.07. The van der Waals surface area contributed by atoms with Crippen LogP contribution in [-0.2, 0) is 24.2 Å². The van der Waals surface area contributed by atoms with E-state index in [0.29, 0.717) is 24.7 Å². The molecule has 2 heterocycles. The third-order valence-corrected chi connectivity index (χ3v) is 6.48. The Kier molecular flexibility index (Phi) is 5.92. The molecule has 0 unspecified atom stereocenters.